The van der Waals surface area contributed by atoms with Crippen molar-refractivity contribution in [1.82, 2.24) is 0 Å². The lowest BCUT2D eigenvalue weighted by Crippen LogP contribution is -2.15. The van der Waals surface area contributed by atoms with Crippen molar-refractivity contribution < 1.29 is 0 Å². The van der Waals surface area contributed by atoms with E-state index in [0.29, 0.717) is 0 Å². The Morgan fingerprint density at radius 3 is 1.49 bits per heavy atom. The van der Waals surface area contributed by atoms with Gasteiger partial charge >= 0.3 is 0 Å². The fourth-order valence-electron chi connectivity index (χ4n) is 8.02. The third-order valence-electron chi connectivity index (χ3n) is 9.82. The van der Waals surface area contributed by atoms with Crippen molar-refractivity contribution in [1.29, 1.82) is 0 Å². The number of hydrogen-bond acceptors (Lipinski definition) is 0. The van der Waals surface area contributed by atoms with Crippen LogP contribution in [0, 0.1) is 0 Å². The third kappa shape index (κ3) is 3.32. The normalized spacial score (nSPS) is 13.5. The quantitative estimate of drug-likeness (QED) is 0.189. The standard InChI is InChI=1S/C43H30/c1-43(2)39-25-12-11-18-30(39)38-26-37(29-17-5-10-23-36(29)42(38)43)41-34-21-8-6-19-32(34)40(33-20-7-9-22-35(33)41)31-24-13-15-27-14-3-4-16-28(27)31/h3-26H,1-2H3. The summed E-state index contributed by atoms with van der Waals surface area (Å²) in [5.74, 6) is 0. The lowest BCUT2D eigenvalue weighted by molar-refractivity contribution is 0.666. The number of fused-ring (bicyclic) bond motifs is 8. The summed E-state index contributed by atoms with van der Waals surface area (Å²) >= 11 is 0. The van der Waals surface area contributed by atoms with Crippen LogP contribution in [0.1, 0.15) is 25.0 Å². The second-order valence-electron chi connectivity index (χ2n) is 12.4. The van der Waals surface area contributed by atoms with Crippen molar-refractivity contribution in [3.05, 3.63) is 157 Å². The summed E-state index contributed by atoms with van der Waals surface area (Å²) in [6.07, 6.45) is 0. The fraction of sp³-hybridized carbons (Fsp3) is 0.0698. The van der Waals surface area contributed by atoms with Crippen LogP contribution < -0.4 is 0 Å². The van der Waals surface area contributed by atoms with Gasteiger partial charge in [0.05, 0.1) is 0 Å². The van der Waals surface area contributed by atoms with E-state index in [9.17, 15) is 0 Å². The molecule has 0 saturated heterocycles. The van der Waals surface area contributed by atoms with Gasteiger partial charge in [-0.1, -0.05) is 153 Å². The Bertz CT molecular complexity index is 2360. The average Bonchev–Trinajstić information content (AvgIpc) is 3.29. The molecule has 1 aliphatic rings. The first-order chi connectivity index (χ1) is 21.1. The van der Waals surface area contributed by atoms with Gasteiger partial charge < -0.3 is 0 Å². The molecule has 202 valence electrons. The summed E-state index contributed by atoms with van der Waals surface area (Å²) in [6.45, 7) is 4.76. The molecule has 9 rings (SSSR count). The summed E-state index contributed by atoms with van der Waals surface area (Å²) in [4.78, 5) is 0. The van der Waals surface area contributed by atoms with Crippen molar-refractivity contribution in [2.75, 3.05) is 0 Å². The second kappa shape index (κ2) is 8.90. The molecule has 0 spiro atoms. The molecule has 8 aromatic carbocycles. The molecule has 0 heterocycles. The minimum absolute atomic E-state index is 0.0631. The van der Waals surface area contributed by atoms with Crippen LogP contribution in [-0.2, 0) is 5.41 Å². The van der Waals surface area contributed by atoms with E-state index in [0.717, 1.165) is 0 Å². The van der Waals surface area contributed by atoms with Crippen molar-refractivity contribution in [3.8, 4) is 33.4 Å². The molecule has 43 heavy (non-hydrogen) atoms. The molecule has 0 aromatic heterocycles. The molecule has 0 N–H and O–H groups in total. The maximum atomic E-state index is 2.50. The molecule has 0 atom stereocenters. The highest BCUT2D eigenvalue weighted by molar-refractivity contribution is 6.25. The van der Waals surface area contributed by atoms with Gasteiger partial charge in [0.1, 0.15) is 0 Å². The third-order valence-corrected chi connectivity index (χ3v) is 9.82. The van der Waals surface area contributed by atoms with Crippen molar-refractivity contribution in [3.63, 3.8) is 0 Å². The lowest BCUT2D eigenvalue weighted by atomic mass is 9.78. The van der Waals surface area contributed by atoms with E-state index in [-0.39, 0.29) is 5.41 Å². The summed E-state index contributed by atoms with van der Waals surface area (Å²) in [5.41, 5.74) is 10.7. The summed E-state index contributed by atoms with van der Waals surface area (Å²) in [6, 6.07) is 54.1. The Morgan fingerprint density at radius 1 is 0.349 bits per heavy atom. The molecular weight excluding hydrogens is 516 g/mol. The predicted molar refractivity (Wildman–Crippen MR) is 185 cm³/mol. The van der Waals surface area contributed by atoms with Crippen molar-refractivity contribution >= 4 is 43.1 Å². The Labute approximate surface area is 251 Å². The zero-order valence-corrected chi connectivity index (χ0v) is 24.4. The number of benzene rings is 8. The maximum absolute atomic E-state index is 2.50. The highest BCUT2D eigenvalue weighted by Crippen LogP contribution is 2.54. The lowest BCUT2D eigenvalue weighted by Gasteiger charge is -2.25. The molecule has 0 radical (unpaired) electrons. The van der Waals surface area contributed by atoms with Crippen molar-refractivity contribution in [2.45, 2.75) is 19.3 Å². The van der Waals surface area contributed by atoms with Gasteiger partial charge in [-0.2, -0.15) is 0 Å². The van der Waals surface area contributed by atoms with Crippen LogP contribution in [0.5, 0.6) is 0 Å². The van der Waals surface area contributed by atoms with Gasteiger partial charge in [-0.15, -0.1) is 0 Å². The molecule has 8 aromatic rings. The van der Waals surface area contributed by atoms with Crippen LogP contribution in [0.3, 0.4) is 0 Å². The predicted octanol–water partition coefficient (Wildman–Crippen LogP) is 11.9. The van der Waals surface area contributed by atoms with Crippen molar-refractivity contribution in [2.24, 2.45) is 0 Å². The first-order valence-corrected chi connectivity index (χ1v) is 15.2. The Morgan fingerprint density at radius 2 is 0.814 bits per heavy atom. The minimum atomic E-state index is -0.0631. The zero-order valence-electron chi connectivity index (χ0n) is 24.4. The largest absolute Gasteiger partial charge is 0.0619 e. The van der Waals surface area contributed by atoms with Crippen LogP contribution in [0.25, 0.3) is 76.5 Å². The monoisotopic (exact) mass is 546 g/mol. The van der Waals surface area contributed by atoms with E-state index in [4.69, 9.17) is 0 Å². The Balaban J connectivity index is 1.47. The van der Waals surface area contributed by atoms with Gasteiger partial charge in [0.15, 0.2) is 0 Å². The summed E-state index contributed by atoms with van der Waals surface area (Å²) in [5, 5.41) is 10.4. The molecule has 0 nitrogen and oxygen atoms in total. The van der Waals surface area contributed by atoms with E-state index in [1.807, 2.05) is 0 Å². The maximum Gasteiger partial charge on any atom is 0.0165 e. The molecule has 0 heteroatoms. The van der Waals surface area contributed by atoms with Crippen LogP contribution in [-0.4, -0.2) is 0 Å². The van der Waals surface area contributed by atoms with Gasteiger partial charge in [-0.25, -0.2) is 0 Å². The van der Waals surface area contributed by atoms with E-state index < -0.39 is 0 Å². The molecule has 1 aliphatic carbocycles. The Kier molecular flexibility index (Phi) is 5.05. The van der Waals surface area contributed by atoms with E-state index in [1.54, 1.807) is 0 Å². The van der Waals surface area contributed by atoms with Crippen LogP contribution >= 0.6 is 0 Å². The molecule has 0 fully saturated rings. The van der Waals surface area contributed by atoms with E-state index >= 15 is 0 Å². The zero-order chi connectivity index (χ0) is 28.7. The first kappa shape index (κ1) is 24.4. The average molecular weight is 547 g/mol. The van der Waals surface area contributed by atoms with Crippen LogP contribution in [0.15, 0.2) is 146 Å². The number of rotatable bonds is 2. The molecule has 0 unspecified atom stereocenters. The molecule has 0 amide bonds. The SMILES string of the molecule is CC1(C)c2ccccc2-c2cc(-c3c4ccccc4c(-c4cccc5ccccc45)c4ccccc34)c3ccccc3c21. The van der Waals surface area contributed by atoms with E-state index in [2.05, 4.69) is 159 Å². The van der Waals surface area contributed by atoms with Gasteiger partial charge in [-0.05, 0) is 93.7 Å². The van der Waals surface area contributed by atoms with Gasteiger partial charge in [-0.3, -0.25) is 0 Å². The second-order valence-corrected chi connectivity index (χ2v) is 12.4. The fourth-order valence-corrected chi connectivity index (χ4v) is 8.02. The molecule has 0 aliphatic heterocycles. The molecule has 0 bridgehead atoms. The highest BCUT2D eigenvalue weighted by atomic mass is 14.4. The topological polar surface area (TPSA) is 0 Å². The van der Waals surface area contributed by atoms with Gasteiger partial charge in [0, 0.05) is 5.41 Å². The van der Waals surface area contributed by atoms with Crippen LogP contribution in [0.2, 0.25) is 0 Å². The highest BCUT2D eigenvalue weighted by Gasteiger charge is 2.37. The first-order valence-electron chi connectivity index (χ1n) is 15.2. The summed E-state index contributed by atoms with van der Waals surface area (Å²) in [7, 11) is 0. The number of hydrogen-bond donors (Lipinski definition) is 0. The Hall–Kier alpha value is -5.20. The van der Waals surface area contributed by atoms with Gasteiger partial charge in [0.25, 0.3) is 0 Å². The molecular formula is C43H30. The molecule has 0 saturated carbocycles. The van der Waals surface area contributed by atoms with Gasteiger partial charge in [0.2, 0.25) is 0 Å². The summed E-state index contributed by atoms with van der Waals surface area (Å²) < 4.78 is 0. The smallest absolute Gasteiger partial charge is 0.0165 e. The minimum Gasteiger partial charge on any atom is -0.0619 e. The van der Waals surface area contributed by atoms with Crippen LogP contribution in [0.4, 0.5) is 0 Å². The van der Waals surface area contributed by atoms with E-state index in [1.165, 1.54) is 87.6 Å².